The van der Waals surface area contributed by atoms with Crippen LogP contribution in [0.15, 0.2) is 53.4 Å². The average Bonchev–Trinajstić information content (AvgIpc) is 2.70. The van der Waals surface area contributed by atoms with Crippen molar-refractivity contribution in [2.24, 2.45) is 5.92 Å². The highest BCUT2D eigenvalue weighted by atomic mass is 32.2. The van der Waals surface area contributed by atoms with Crippen LogP contribution in [-0.2, 0) is 14.8 Å². The standard InChI is InChI=1S/C22H28N2O3S/c1-16-11-12-19(14-17(16)2)18(3)23-22(25)20-8-7-13-24(15-20)28(26,27)21-9-5-4-6-10-21/h4-6,9-12,14,18,20H,7-8,13,15H2,1-3H3,(H,23,25). The minimum atomic E-state index is -3.57. The molecule has 3 rings (SSSR count). The van der Waals surface area contributed by atoms with E-state index in [-0.39, 0.29) is 29.3 Å². The maximum Gasteiger partial charge on any atom is 0.243 e. The van der Waals surface area contributed by atoms with Gasteiger partial charge in [-0.05, 0) is 62.4 Å². The third-order valence-corrected chi connectivity index (χ3v) is 7.40. The molecule has 1 aliphatic rings. The summed E-state index contributed by atoms with van der Waals surface area (Å²) in [6.07, 6.45) is 1.38. The maximum absolute atomic E-state index is 12.9. The van der Waals surface area contributed by atoms with E-state index in [1.807, 2.05) is 13.0 Å². The van der Waals surface area contributed by atoms with Crippen LogP contribution in [0.25, 0.3) is 0 Å². The van der Waals surface area contributed by atoms with Crippen molar-refractivity contribution in [2.75, 3.05) is 13.1 Å². The van der Waals surface area contributed by atoms with Crippen LogP contribution in [0.2, 0.25) is 0 Å². The summed E-state index contributed by atoms with van der Waals surface area (Å²) in [4.78, 5) is 13.1. The molecule has 1 amide bonds. The molecule has 0 spiro atoms. The lowest BCUT2D eigenvalue weighted by Crippen LogP contribution is -2.45. The lowest BCUT2D eigenvalue weighted by molar-refractivity contribution is -0.126. The van der Waals surface area contributed by atoms with Crippen molar-refractivity contribution in [3.05, 3.63) is 65.2 Å². The lowest BCUT2D eigenvalue weighted by Gasteiger charge is -2.32. The number of hydrogen-bond donors (Lipinski definition) is 1. The molecule has 0 bridgehead atoms. The number of piperidine rings is 1. The number of aryl methyl sites for hydroxylation is 2. The Labute approximate surface area is 167 Å². The summed E-state index contributed by atoms with van der Waals surface area (Å²) in [7, 11) is -3.57. The summed E-state index contributed by atoms with van der Waals surface area (Å²) in [5.41, 5.74) is 3.47. The fourth-order valence-corrected chi connectivity index (χ4v) is 5.11. The predicted molar refractivity (Wildman–Crippen MR) is 110 cm³/mol. The number of carbonyl (C=O) groups is 1. The Balaban J connectivity index is 1.68. The van der Waals surface area contributed by atoms with Gasteiger partial charge in [-0.25, -0.2) is 8.42 Å². The van der Waals surface area contributed by atoms with Crippen LogP contribution in [0, 0.1) is 19.8 Å². The molecule has 2 aromatic carbocycles. The van der Waals surface area contributed by atoms with Crippen LogP contribution < -0.4 is 5.32 Å². The Morgan fingerprint density at radius 1 is 1.11 bits per heavy atom. The predicted octanol–water partition coefficient (Wildman–Crippen LogP) is 3.58. The zero-order chi connectivity index (χ0) is 20.3. The van der Waals surface area contributed by atoms with Crippen molar-refractivity contribution in [3.8, 4) is 0 Å². The van der Waals surface area contributed by atoms with E-state index in [0.29, 0.717) is 19.4 Å². The molecular weight excluding hydrogens is 372 g/mol. The van der Waals surface area contributed by atoms with Crippen LogP contribution in [0.5, 0.6) is 0 Å². The van der Waals surface area contributed by atoms with Crippen molar-refractivity contribution < 1.29 is 13.2 Å². The van der Waals surface area contributed by atoms with E-state index in [1.165, 1.54) is 15.4 Å². The molecule has 0 saturated carbocycles. The zero-order valence-electron chi connectivity index (χ0n) is 16.7. The van der Waals surface area contributed by atoms with Crippen molar-refractivity contribution in [1.82, 2.24) is 9.62 Å². The van der Waals surface area contributed by atoms with Gasteiger partial charge < -0.3 is 5.32 Å². The number of carbonyl (C=O) groups excluding carboxylic acids is 1. The van der Waals surface area contributed by atoms with Gasteiger partial charge in [0.15, 0.2) is 0 Å². The first kappa shape index (κ1) is 20.6. The van der Waals surface area contributed by atoms with Crippen molar-refractivity contribution in [2.45, 2.75) is 44.6 Å². The highest BCUT2D eigenvalue weighted by Crippen LogP contribution is 2.25. The number of amides is 1. The molecule has 1 N–H and O–H groups in total. The molecule has 150 valence electrons. The van der Waals surface area contributed by atoms with Gasteiger partial charge >= 0.3 is 0 Å². The molecular formula is C22H28N2O3S. The fourth-order valence-electron chi connectivity index (χ4n) is 3.56. The Kier molecular flexibility index (Phi) is 6.20. The molecule has 2 atom stereocenters. The lowest BCUT2D eigenvalue weighted by atomic mass is 9.97. The summed E-state index contributed by atoms with van der Waals surface area (Å²) < 4.78 is 27.2. The van der Waals surface area contributed by atoms with Gasteiger partial charge in [0.1, 0.15) is 0 Å². The van der Waals surface area contributed by atoms with Gasteiger partial charge in [-0.3, -0.25) is 4.79 Å². The van der Waals surface area contributed by atoms with E-state index in [1.54, 1.807) is 30.3 Å². The Hall–Kier alpha value is -2.18. The van der Waals surface area contributed by atoms with Crippen molar-refractivity contribution in [3.63, 3.8) is 0 Å². The van der Waals surface area contributed by atoms with Crippen LogP contribution in [0.3, 0.4) is 0 Å². The average molecular weight is 401 g/mol. The first-order chi connectivity index (χ1) is 13.3. The molecule has 0 aliphatic carbocycles. The largest absolute Gasteiger partial charge is 0.349 e. The number of benzene rings is 2. The third-order valence-electron chi connectivity index (χ3n) is 5.53. The number of nitrogens with one attached hydrogen (secondary N) is 1. The van der Waals surface area contributed by atoms with Crippen molar-refractivity contribution >= 4 is 15.9 Å². The van der Waals surface area contributed by atoms with Gasteiger partial charge in [-0.1, -0.05) is 36.4 Å². The number of rotatable bonds is 5. The van der Waals surface area contributed by atoms with Crippen LogP contribution in [0.1, 0.15) is 42.5 Å². The number of sulfonamides is 1. The van der Waals surface area contributed by atoms with E-state index in [2.05, 4.69) is 31.3 Å². The highest BCUT2D eigenvalue weighted by molar-refractivity contribution is 7.89. The normalized spacial score (nSPS) is 19.2. The number of nitrogens with zero attached hydrogens (tertiary/aromatic N) is 1. The molecule has 2 unspecified atom stereocenters. The van der Waals surface area contributed by atoms with E-state index in [0.717, 1.165) is 5.56 Å². The molecule has 6 heteroatoms. The summed E-state index contributed by atoms with van der Waals surface area (Å²) in [5, 5.41) is 3.06. The Morgan fingerprint density at radius 2 is 1.82 bits per heavy atom. The summed E-state index contributed by atoms with van der Waals surface area (Å²) in [5.74, 6) is -0.417. The molecule has 1 heterocycles. The molecule has 1 saturated heterocycles. The summed E-state index contributed by atoms with van der Waals surface area (Å²) >= 11 is 0. The van der Waals surface area contributed by atoms with E-state index in [9.17, 15) is 13.2 Å². The van der Waals surface area contributed by atoms with Gasteiger partial charge in [0.25, 0.3) is 0 Å². The quantitative estimate of drug-likeness (QED) is 0.834. The van der Waals surface area contributed by atoms with Gasteiger partial charge in [0.05, 0.1) is 16.9 Å². The molecule has 1 aliphatic heterocycles. The van der Waals surface area contributed by atoms with Crippen LogP contribution >= 0.6 is 0 Å². The smallest absolute Gasteiger partial charge is 0.243 e. The fraction of sp³-hybridized carbons (Fsp3) is 0.409. The first-order valence-electron chi connectivity index (χ1n) is 9.72. The van der Waals surface area contributed by atoms with Crippen molar-refractivity contribution in [1.29, 1.82) is 0 Å². The highest BCUT2D eigenvalue weighted by Gasteiger charge is 2.33. The van der Waals surface area contributed by atoms with E-state index in [4.69, 9.17) is 0 Å². The van der Waals surface area contributed by atoms with Gasteiger partial charge in [-0.2, -0.15) is 4.31 Å². The first-order valence-corrected chi connectivity index (χ1v) is 11.2. The van der Waals surface area contributed by atoms with E-state index >= 15 is 0 Å². The molecule has 2 aromatic rings. The molecule has 0 radical (unpaired) electrons. The molecule has 0 aromatic heterocycles. The third kappa shape index (κ3) is 4.45. The number of hydrogen-bond acceptors (Lipinski definition) is 3. The molecule has 28 heavy (non-hydrogen) atoms. The second-order valence-electron chi connectivity index (χ2n) is 7.59. The monoisotopic (exact) mass is 400 g/mol. The molecule has 1 fully saturated rings. The van der Waals surface area contributed by atoms with Gasteiger partial charge in [-0.15, -0.1) is 0 Å². The summed E-state index contributed by atoms with van der Waals surface area (Å²) in [6, 6.07) is 14.5. The van der Waals surface area contributed by atoms with Gasteiger partial charge in [0, 0.05) is 13.1 Å². The van der Waals surface area contributed by atoms with E-state index < -0.39 is 10.0 Å². The summed E-state index contributed by atoms with van der Waals surface area (Å²) in [6.45, 7) is 6.76. The Bertz CT molecular complexity index is 942. The maximum atomic E-state index is 12.9. The SMILES string of the molecule is Cc1ccc(C(C)NC(=O)C2CCCN(S(=O)(=O)c3ccccc3)C2)cc1C. The minimum Gasteiger partial charge on any atom is -0.349 e. The Morgan fingerprint density at radius 3 is 2.50 bits per heavy atom. The second kappa shape index (κ2) is 8.45. The topological polar surface area (TPSA) is 66.5 Å². The van der Waals surface area contributed by atoms with Gasteiger partial charge in [0.2, 0.25) is 15.9 Å². The molecule has 5 nitrogen and oxygen atoms in total. The second-order valence-corrected chi connectivity index (χ2v) is 9.53. The minimum absolute atomic E-state index is 0.0845. The van der Waals surface area contributed by atoms with Crippen LogP contribution in [-0.4, -0.2) is 31.7 Å². The zero-order valence-corrected chi connectivity index (χ0v) is 17.5. The van der Waals surface area contributed by atoms with Crippen LogP contribution in [0.4, 0.5) is 0 Å².